The van der Waals surface area contributed by atoms with Crippen molar-refractivity contribution in [1.82, 2.24) is 5.48 Å². The number of rotatable bonds is 1. The lowest BCUT2D eigenvalue weighted by Crippen LogP contribution is -2.22. The number of hydroxylamine groups is 1. The first-order valence-electron chi connectivity index (χ1n) is 2.63. The molecule has 0 aliphatic heterocycles. The molecule has 3 nitrogen and oxygen atoms in total. The van der Waals surface area contributed by atoms with Crippen LogP contribution in [0.1, 0.15) is 20.3 Å². The van der Waals surface area contributed by atoms with Gasteiger partial charge in [0.1, 0.15) is 4.99 Å². The maximum absolute atomic E-state index is 10.4. The summed E-state index contributed by atoms with van der Waals surface area (Å²) < 4.78 is 0. The molecule has 0 rings (SSSR count). The second kappa shape index (κ2) is 4.26. The van der Waals surface area contributed by atoms with Crippen molar-refractivity contribution in [3.8, 4) is 0 Å². The average Bonchev–Trinajstić information content (AvgIpc) is 1.83. The third-order valence-electron chi connectivity index (χ3n) is 0.597. The van der Waals surface area contributed by atoms with Crippen molar-refractivity contribution in [2.24, 2.45) is 0 Å². The summed E-state index contributed by atoms with van der Waals surface area (Å²) in [6.45, 7) is 3.35. The Morgan fingerprint density at radius 3 is 2.67 bits per heavy atom. The summed E-state index contributed by atoms with van der Waals surface area (Å²) in [5.41, 5.74) is 2.28. The second-order valence-electron chi connectivity index (χ2n) is 1.49. The molecule has 0 amide bonds. The van der Waals surface area contributed by atoms with Gasteiger partial charge in [-0.1, -0.05) is 19.1 Å². The first-order valence-corrected chi connectivity index (χ1v) is 3.04. The lowest BCUT2D eigenvalue weighted by Gasteiger charge is -2.00. The van der Waals surface area contributed by atoms with E-state index >= 15 is 0 Å². The molecular formula is C5H9NO2S. The number of thiocarbonyl (C=S) groups is 1. The first-order chi connectivity index (χ1) is 4.16. The average molecular weight is 147 g/mol. The predicted molar refractivity (Wildman–Crippen MR) is 37.8 cm³/mol. The largest absolute Gasteiger partial charge is 0.343 e. The summed E-state index contributed by atoms with van der Waals surface area (Å²) in [5, 5.41) is 0. The third kappa shape index (κ3) is 5.23. The highest BCUT2D eigenvalue weighted by Crippen LogP contribution is 1.79. The van der Waals surface area contributed by atoms with Gasteiger partial charge in [0.2, 0.25) is 0 Å². The number of hydrogen-bond donors (Lipinski definition) is 1. The number of nitrogens with one attached hydrogen (secondary N) is 1. The number of carbonyl (C=O) groups is 1. The summed E-state index contributed by atoms with van der Waals surface area (Å²) >= 11 is 4.57. The van der Waals surface area contributed by atoms with Gasteiger partial charge in [-0.2, -0.15) is 0 Å². The van der Waals surface area contributed by atoms with Gasteiger partial charge >= 0.3 is 5.97 Å². The fraction of sp³-hybridized carbons (Fsp3) is 0.600. The standard InChI is InChI=1S/C5H9NO2S/c1-3-5(7)8-6-4(2)9/h3H2,1-2H3,(H,6,9). The van der Waals surface area contributed by atoms with E-state index in [1.54, 1.807) is 13.8 Å². The highest BCUT2D eigenvalue weighted by molar-refractivity contribution is 7.80. The van der Waals surface area contributed by atoms with Crippen LogP contribution in [0.4, 0.5) is 0 Å². The Hall–Kier alpha value is -0.640. The molecule has 0 atom stereocenters. The summed E-state index contributed by atoms with van der Waals surface area (Å²) in [7, 11) is 0. The summed E-state index contributed by atoms with van der Waals surface area (Å²) in [6.07, 6.45) is 0.357. The Balaban J connectivity index is 3.28. The van der Waals surface area contributed by atoms with Crippen LogP contribution < -0.4 is 5.48 Å². The second-order valence-corrected chi connectivity index (χ2v) is 2.10. The van der Waals surface area contributed by atoms with Crippen LogP contribution >= 0.6 is 12.2 Å². The molecule has 0 aromatic rings. The molecule has 0 aliphatic carbocycles. The SMILES string of the molecule is CCC(=O)ONC(C)=S. The van der Waals surface area contributed by atoms with Crippen LogP contribution in [0.25, 0.3) is 0 Å². The first kappa shape index (κ1) is 8.36. The molecule has 0 aromatic heterocycles. The Morgan fingerprint density at radius 1 is 1.78 bits per heavy atom. The lowest BCUT2D eigenvalue weighted by molar-refractivity contribution is -0.147. The van der Waals surface area contributed by atoms with Crippen LogP contribution in [0.3, 0.4) is 0 Å². The van der Waals surface area contributed by atoms with Crippen LogP contribution in [0.5, 0.6) is 0 Å². The summed E-state index contributed by atoms with van der Waals surface area (Å²) in [4.78, 5) is 15.2. The molecule has 0 aliphatic rings. The van der Waals surface area contributed by atoms with Gasteiger partial charge in [0, 0.05) is 6.42 Å². The molecule has 0 aromatic carbocycles. The number of hydrogen-bond acceptors (Lipinski definition) is 3. The molecule has 4 heteroatoms. The zero-order valence-electron chi connectivity index (χ0n) is 5.43. The van der Waals surface area contributed by atoms with E-state index in [2.05, 4.69) is 22.5 Å². The van der Waals surface area contributed by atoms with Gasteiger partial charge < -0.3 is 4.84 Å². The maximum atomic E-state index is 10.4. The number of carbonyl (C=O) groups excluding carboxylic acids is 1. The highest BCUT2D eigenvalue weighted by Gasteiger charge is 1.95. The fourth-order valence-electron chi connectivity index (χ4n) is 0.201. The van der Waals surface area contributed by atoms with Gasteiger partial charge in [0.25, 0.3) is 0 Å². The molecule has 0 bridgehead atoms. The molecule has 0 spiro atoms. The van der Waals surface area contributed by atoms with Crippen LogP contribution in [0.2, 0.25) is 0 Å². The van der Waals surface area contributed by atoms with Gasteiger partial charge in [-0.3, -0.25) is 0 Å². The molecule has 1 N–H and O–H groups in total. The molecule has 0 radical (unpaired) electrons. The zero-order chi connectivity index (χ0) is 7.28. The van der Waals surface area contributed by atoms with Crippen molar-refractivity contribution in [3.05, 3.63) is 0 Å². The van der Waals surface area contributed by atoms with E-state index in [1.165, 1.54) is 0 Å². The van der Waals surface area contributed by atoms with Gasteiger partial charge in [-0.05, 0) is 6.92 Å². The molecule has 0 unspecified atom stereocenters. The minimum Gasteiger partial charge on any atom is -0.343 e. The molecular weight excluding hydrogens is 138 g/mol. The van der Waals surface area contributed by atoms with E-state index < -0.39 is 0 Å². The predicted octanol–water partition coefficient (Wildman–Crippen LogP) is 0.792. The van der Waals surface area contributed by atoms with Crippen LogP contribution in [0, 0.1) is 0 Å². The molecule has 0 saturated heterocycles. The topological polar surface area (TPSA) is 38.3 Å². The van der Waals surface area contributed by atoms with Gasteiger partial charge in [-0.25, -0.2) is 10.3 Å². The Kier molecular flexibility index (Phi) is 3.96. The molecule has 0 fully saturated rings. The maximum Gasteiger partial charge on any atom is 0.331 e. The quantitative estimate of drug-likeness (QED) is 0.439. The Labute approximate surface area is 59.3 Å². The minimum absolute atomic E-state index is 0.306. The summed E-state index contributed by atoms with van der Waals surface area (Å²) in [6, 6.07) is 0. The minimum atomic E-state index is -0.306. The summed E-state index contributed by atoms with van der Waals surface area (Å²) in [5.74, 6) is -0.306. The zero-order valence-corrected chi connectivity index (χ0v) is 6.25. The Bertz CT molecular complexity index is 124. The Morgan fingerprint density at radius 2 is 2.33 bits per heavy atom. The highest BCUT2D eigenvalue weighted by atomic mass is 32.1. The fourth-order valence-corrected chi connectivity index (χ4v) is 0.243. The van der Waals surface area contributed by atoms with Crippen molar-refractivity contribution >= 4 is 23.2 Å². The monoisotopic (exact) mass is 147 g/mol. The van der Waals surface area contributed by atoms with Crippen LogP contribution in [-0.4, -0.2) is 11.0 Å². The van der Waals surface area contributed by atoms with Gasteiger partial charge in [0.05, 0.1) is 0 Å². The van der Waals surface area contributed by atoms with E-state index in [9.17, 15) is 4.79 Å². The van der Waals surface area contributed by atoms with Crippen LogP contribution in [-0.2, 0) is 9.63 Å². The molecule has 0 saturated carbocycles. The van der Waals surface area contributed by atoms with E-state index in [0.29, 0.717) is 11.4 Å². The van der Waals surface area contributed by atoms with Crippen molar-refractivity contribution in [2.45, 2.75) is 20.3 Å². The van der Waals surface area contributed by atoms with Crippen LogP contribution in [0.15, 0.2) is 0 Å². The molecule has 9 heavy (non-hydrogen) atoms. The van der Waals surface area contributed by atoms with Gasteiger partial charge in [0.15, 0.2) is 0 Å². The van der Waals surface area contributed by atoms with Crippen molar-refractivity contribution in [3.63, 3.8) is 0 Å². The third-order valence-corrected chi connectivity index (χ3v) is 0.681. The smallest absolute Gasteiger partial charge is 0.331 e. The van der Waals surface area contributed by atoms with Gasteiger partial charge in [-0.15, -0.1) is 0 Å². The van der Waals surface area contributed by atoms with Crippen molar-refractivity contribution in [2.75, 3.05) is 0 Å². The lowest BCUT2D eigenvalue weighted by atomic mass is 10.5. The van der Waals surface area contributed by atoms with Crippen molar-refractivity contribution in [1.29, 1.82) is 0 Å². The normalized spacial score (nSPS) is 8.22. The molecule has 52 valence electrons. The van der Waals surface area contributed by atoms with E-state index in [4.69, 9.17) is 0 Å². The van der Waals surface area contributed by atoms with Crippen molar-refractivity contribution < 1.29 is 9.63 Å². The molecule has 0 heterocycles. The van der Waals surface area contributed by atoms with E-state index in [0.717, 1.165) is 0 Å². The van der Waals surface area contributed by atoms with E-state index in [1.807, 2.05) is 0 Å². The van der Waals surface area contributed by atoms with E-state index in [-0.39, 0.29) is 5.97 Å².